The van der Waals surface area contributed by atoms with Gasteiger partial charge >= 0.3 is 0 Å². The lowest BCUT2D eigenvalue weighted by atomic mass is 10.3. The van der Waals surface area contributed by atoms with Gasteiger partial charge in [-0.1, -0.05) is 0 Å². The summed E-state index contributed by atoms with van der Waals surface area (Å²) >= 11 is 3.26. The molecule has 0 saturated heterocycles. The van der Waals surface area contributed by atoms with Crippen LogP contribution in [0.15, 0.2) is 22.8 Å². The van der Waals surface area contributed by atoms with E-state index >= 15 is 0 Å². The van der Waals surface area contributed by atoms with E-state index in [-0.39, 0.29) is 12.3 Å². The maximum Gasteiger partial charge on any atom is 0.233 e. The van der Waals surface area contributed by atoms with Gasteiger partial charge in [0.15, 0.2) is 5.82 Å². The van der Waals surface area contributed by atoms with Crippen molar-refractivity contribution in [3.63, 3.8) is 0 Å². The molecule has 0 aromatic carbocycles. The topological polar surface area (TPSA) is 85.6 Å². The molecule has 0 saturated carbocycles. The van der Waals surface area contributed by atoms with Crippen LogP contribution in [0, 0.1) is 0 Å². The van der Waals surface area contributed by atoms with Gasteiger partial charge in [-0.2, -0.15) is 0 Å². The molecule has 1 N–H and O–H groups in total. The molecule has 0 spiro atoms. The van der Waals surface area contributed by atoms with Crippen LogP contribution in [0.4, 0.5) is 5.82 Å². The molecular weight excluding hydrogens is 288 g/mol. The van der Waals surface area contributed by atoms with E-state index in [9.17, 15) is 4.79 Å². The Kier molecular flexibility index (Phi) is 3.43. The Morgan fingerprint density at radius 2 is 2.35 bits per heavy atom. The van der Waals surface area contributed by atoms with Gasteiger partial charge in [0.1, 0.15) is 5.82 Å². The molecule has 0 aliphatic heterocycles. The van der Waals surface area contributed by atoms with Gasteiger partial charge in [0.05, 0.1) is 6.42 Å². The van der Waals surface area contributed by atoms with E-state index in [4.69, 9.17) is 0 Å². The molecule has 0 fully saturated rings. The summed E-state index contributed by atoms with van der Waals surface area (Å²) in [7, 11) is 1.68. The summed E-state index contributed by atoms with van der Waals surface area (Å²) in [5.74, 6) is 0.783. The van der Waals surface area contributed by atoms with Crippen molar-refractivity contribution in [2.75, 3.05) is 5.32 Å². The molecule has 0 atom stereocenters. The second kappa shape index (κ2) is 5.00. The molecular formula is C9H9BrN6O. The van der Waals surface area contributed by atoms with Crippen LogP contribution in [0.3, 0.4) is 0 Å². The molecule has 2 heterocycles. The van der Waals surface area contributed by atoms with Crippen LogP contribution in [-0.2, 0) is 18.3 Å². The highest BCUT2D eigenvalue weighted by Gasteiger charge is 2.09. The molecule has 17 heavy (non-hydrogen) atoms. The Balaban J connectivity index is 1.98. The Morgan fingerprint density at radius 3 is 2.94 bits per heavy atom. The Labute approximate surface area is 105 Å². The SMILES string of the molecule is Cn1nnnc1CC(=O)Nc1ccc(Br)cn1. The van der Waals surface area contributed by atoms with E-state index in [2.05, 4.69) is 41.8 Å². The van der Waals surface area contributed by atoms with E-state index in [1.807, 2.05) is 0 Å². The van der Waals surface area contributed by atoms with Crippen molar-refractivity contribution < 1.29 is 4.79 Å². The van der Waals surface area contributed by atoms with E-state index in [1.165, 1.54) is 4.68 Å². The van der Waals surface area contributed by atoms with Crippen LogP contribution >= 0.6 is 15.9 Å². The number of aromatic nitrogens is 5. The summed E-state index contributed by atoms with van der Waals surface area (Å²) in [6.07, 6.45) is 1.72. The van der Waals surface area contributed by atoms with Gasteiger partial charge in [0.2, 0.25) is 5.91 Å². The fraction of sp³-hybridized carbons (Fsp3) is 0.222. The number of tetrazole rings is 1. The van der Waals surface area contributed by atoms with Crippen LogP contribution in [0.25, 0.3) is 0 Å². The minimum Gasteiger partial charge on any atom is -0.310 e. The maximum atomic E-state index is 11.6. The zero-order valence-corrected chi connectivity index (χ0v) is 10.5. The molecule has 2 aromatic heterocycles. The third-order valence-electron chi connectivity index (χ3n) is 2.02. The van der Waals surface area contributed by atoms with Gasteiger partial charge in [-0.25, -0.2) is 9.67 Å². The number of nitrogens with one attached hydrogen (secondary N) is 1. The summed E-state index contributed by atoms with van der Waals surface area (Å²) in [6.45, 7) is 0. The highest BCUT2D eigenvalue weighted by atomic mass is 79.9. The van der Waals surface area contributed by atoms with Gasteiger partial charge in [-0.15, -0.1) is 5.10 Å². The Hall–Kier alpha value is -1.83. The number of rotatable bonds is 3. The molecule has 8 heteroatoms. The largest absolute Gasteiger partial charge is 0.310 e. The third kappa shape index (κ3) is 3.06. The number of nitrogens with zero attached hydrogens (tertiary/aromatic N) is 5. The van der Waals surface area contributed by atoms with Gasteiger partial charge in [-0.05, 0) is 38.5 Å². The van der Waals surface area contributed by atoms with Crippen molar-refractivity contribution >= 4 is 27.7 Å². The molecule has 0 radical (unpaired) electrons. The van der Waals surface area contributed by atoms with Crippen LogP contribution in [0.2, 0.25) is 0 Å². The standard InChI is InChI=1S/C9H9BrN6O/c1-16-8(13-14-15-16)4-9(17)12-7-3-2-6(10)5-11-7/h2-3,5H,4H2,1H3,(H,11,12,17). The predicted octanol–water partition coefficient (Wildman–Crippen LogP) is 0.549. The van der Waals surface area contributed by atoms with Crippen molar-refractivity contribution in [2.45, 2.75) is 6.42 Å². The second-order valence-corrected chi connectivity index (χ2v) is 4.22. The average molecular weight is 297 g/mol. The van der Waals surface area contributed by atoms with E-state index < -0.39 is 0 Å². The number of carbonyl (C=O) groups is 1. The highest BCUT2D eigenvalue weighted by molar-refractivity contribution is 9.10. The predicted molar refractivity (Wildman–Crippen MR) is 63.1 cm³/mol. The number of carbonyl (C=O) groups excluding carboxylic acids is 1. The lowest BCUT2D eigenvalue weighted by Crippen LogP contribution is -2.17. The Morgan fingerprint density at radius 1 is 1.53 bits per heavy atom. The first-order chi connectivity index (χ1) is 8.15. The molecule has 1 amide bonds. The van der Waals surface area contributed by atoms with E-state index in [0.717, 1.165) is 4.47 Å². The van der Waals surface area contributed by atoms with Gasteiger partial charge in [0.25, 0.3) is 0 Å². The van der Waals surface area contributed by atoms with E-state index in [1.54, 1.807) is 25.4 Å². The minimum absolute atomic E-state index is 0.112. The summed E-state index contributed by atoms with van der Waals surface area (Å²) < 4.78 is 2.31. The number of hydrogen-bond donors (Lipinski definition) is 1. The normalized spacial score (nSPS) is 10.2. The number of pyridine rings is 1. The Bertz CT molecular complexity index is 523. The third-order valence-corrected chi connectivity index (χ3v) is 2.49. The number of aryl methyl sites for hydroxylation is 1. The number of amides is 1. The molecule has 0 bridgehead atoms. The van der Waals surface area contributed by atoms with Crippen molar-refractivity contribution in [3.05, 3.63) is 28.6 Å². The number of halogens is 1. The first-order valence-electron chi connectivity index (χ1n) is 4.78. The van der Waals surface area contributed by atoms with E-state index in [0.29, 0.717) is 11.6 Å². The molecule has 7 nitrogen and oxygen atoms in total. The van der Waals surface area contributed by atoms with Crippen molar-refractivity contribution in [3.8, 4) is 0 Å². The van der Waals surface area contributed by atoms with Crippen LogP contribution < -0.4 is 5.32 Å². The zero-order chi connectivity index (χ0) is 12.3. The molecule has 88 valence electrons. The summed E-state index contributed by atoms with van der Waals surface area (Å²) in [6, 6.07) is 3.50. The summed E-state index contributed by atoms with van der Waals surface area (Å²) in [5.41, 5.74) is 0. The first-order valence-corrected chi connectivity index (χ1v) is 5.57. The maximum absolute atomic E-state index is 11.6. The molecule has 0 aliphatic rings. The molecule has 0 unspecified atom stereocenters. The quantitative estimate of drug-likeness (QED) is 0.894. The second-order valence-electron chi connectivity index (χ2n) is 3.31. The number of anilines is 1. The van der Waals surface area contributed by atoms with Crippen LogP contribution in [0.5, 0.6) is 0 Å². The zero-order valence-electron chi connectivity index (χ0n) is 8.96. The average Bonchev–Trinajstić information content (AvgIpc) is 2.68. The smallest absolute Gasteiger partial charge is 0.233 e. The first kappa shape index (κ1) is 11.6. The molecule has 2 rings (SSSR count). The summed E-state index contributed by atoms with van der Waals surface area (Å²) in [5, 5.41) is 13.5. The lowest BCUT2D eigenvalue weighted by Gasteiger charge is -2.03. The van der Waals surface area contributed by atoms with Gasteiger partial charge in [0, 0.05) is 17.7 Å². The van der Waals surface area contributed by atoms with Crippen molar-refractivity contribution in [1.29, 1.82) is 0 Å². The number of hydrogen-bond acceptors (Lipinski definition) is 5. The van der Waals surface area contributed by atoms with Crippen LogP contribution in [0.1, 0.15) is 5.82 Å². The van der Waals surface area contributed by atoms with Crippen molar-refractivity contribution in [1.82, 2.24) is 25.2 Å². The fourth-order valence-electron chi connectivity index (χ4n) is 1.18. The van der Waals surface area contributed by atoms with Crippen molar-refractivity contribution in [2.24, 2.45) is 7.05 Å². The monoisotopic (exact) mass is 296 g/mol. The highest BCUT2D eigenvalue weighted by Crippen LogP contribution is 2.10. The minimum atomic E-state index is -0.210. The molecule has 0 aliphatic carbocycles. The summed E-state index contributed by atoms with van der Waals surface area (Å²) in [4.78, 5) is 15.7. The van der Waals surface area contributed by atoms with Gasteiger partial charge in [-0.3, -0.25) is 4.79 Å². The van der Waals surface area contributed by atoms with Gasteiger partial charge < -0.3 is 5.32 Å². The fourth-order valence-corrected chi connectivity index (χ4v) is 1.41. The van der Waals surface area contributed by atoms with Crippen LogP contribution in [-0.4, -0.2) is 31.1 Å². The molecule has 2 aromatic rings. The lowest BCUT2D eigenvalue weighted by molar-refractivity contribution is -0.115.